The average Bonchev–Trinajstić information content (AvgIpc) is 3.24. The summed E-state index contributed by atoms with van der Waals surface area (Å²) >= 11 is 0. The second-order valence-electron chi connectivity index (χ2n) is 8.91. The number of H-pyrrole nitrogens is 1. The molecule has 174 valence electrons. The summed E-state index contributed by atoms with van der Waals surface area (Å²) in [5, 5.41) is 0. The summed E-state index contributed by atoms with van der Waals surface area (Å²) in [6, 6.07) is 12.4. The Balaban J connectivity index is 1.52. The van der Waals surface area contributed by atoms with E-state index in [0.29, 0.717) is 0 Å². The van der Waals surface area contributed by atoms with E-state index in [-0.39, 0.29) is 11.8 Å². The van der Waals surface area contributed by atoms with Crippen molar-refractivity contribution in [2.75, 3.05) is 26.2 Å². The second kappa shape index (κ2) is 11.2. The molecule has 0 aliphatic carbocycles. The number of nitrogens with zero attached hydrogens (tertiary/aromatic N) is 4. The normalized spacial score (nSPS) is 17.3. The molecule has 2 aromatic heterocycles. The lowest BCUT2D eigenvalue weighted by molar-refractivity contribution is -0.134. The van der Waals surface area contributed by atoms with Gasteiger partial charge in [0, 0.05) is 69.0 Å². The molecule has 1 atom stereocenters. The molecule has 3 heterocycles. The monoisotopic (exact) mass is 445 g/mol. The molecule has 0 saturated carbocycles. The van der Waals surface area contributed by atoms with Crippen molar-refractivity contribution in [3.05, 3.63) is 72.1 Å². The molecule has 0 unspecified atom stereocenters. The van der Waals surface area contributed by atoms with Gasteiger partial charge in [-0.2, -0.15) is 0 Å². The summed E-state index contributed by atoms with van der Waals surface area (Å²) in [7, 11) is 0. The number of amides is 1. The van der Waals surface area contributed by atoms with Crippen molar-refractivity contribution in [1.82, 2.24) is 24.8 Å². The van der Waals surface area contributed by atoms with Gasteiger partial charge in [0.15, 0.2) is 0 Å². The van der Waals surface area contributed by atoms with Crippen LogP contribution in [0, 0.1) is 5.92 Å². The molecule has 0 radical (unpaired) electrons. The maximum absolute atomic E-state index is 13.4. The number of hydrogen-bond acceptors (Lipinski definition) is 4. The topological polar surface area (TPSA) is 65.1 Å². The number of likely N-dealkylation sites (N-methyl/N-ethyl adjacent to an activating group) is 1. The Kier molecular flexibility index (Phi) is 7.89. The van der Waals surface area contributed by atoms with Crippen LogP contribution in [0.2, 0.25) is 0 Å². The molecular weight excluding hydrogens is 410 g/mol. The number of hydrogen-bond donors (Lipinski definition) is 1. The molecule has 0 spiro atoms. The Hall–Kier alpha value is -2.99. The maximum Gasteiger partial charge on any atom is 0.227 e. The molecule has 1 aliphatic heterocycles. The zero-order valence-electron chi connectivity index (χ0n) is 19.8. The van der Waals surface area contributed by atoms with E-state index in [4.69, 9.17) is 0 Å². The SMILES string of the molecule is CCCCc1ncc(CN2CCN(CC)C(=O)[C@@H](Cc3ccccc3-c3cccnc3)C2)[nH]1. The van der Waals surface area contributed by atoms with Crippen LogP contribution in [-0.4, -0.2) is 56.8 Å². The molecule has 6 heteroatoms. The molecule has 1 saturated heterocycles. The van der Waals surface area contributed by atoms with Crippen LogP contribution < -0.4 is 0 Å². The number of carbonyl (C=O) groups is 1. The number of carbonyl (C=O) groups excluding carboxylic acids is 1. The molecule has 4 rings (SSSR count). The van der Waals surface area contributed by atoms with Gasteiger partial charge in [-0.3, -0.25) is 14.7 Å². The van der Waals surface area contributed by atoms with Crippen LogP contribution in [-0.2, 0) is 24.2 Å². The summed E-state index contributed by atoms with van der Waals surface area (Å²) in [6.45, 7) is 8.22. The van der Waals surface area contributed by atoms with E-state index in [2.05, 4.69) is 64.0 Å². The van der Waals surface area contributed by atoms with Crippen LogP contribution in [0.5, 0.6) is 0 Å². The zero-order chi connectivity index (χ0) is 23.0. The number of nitrogens with one attached hydrogen (secondary N) is 1. The summed E-state index contributed by atoms with van der Waals surface area (Å²) in [6.07, 6.45) is 9.68. The largest absolute Gasteiger partial charge is 0.345 e. The lowest BCUT2D eigenvalue weighted by atomic mass is 9.91. The van der Waals surface area contributed by atoms with Crippen LogP contribution in [0.3, 0.4) is 0 Å². The maximum atomic E-state index is 13.4. The molecule has 1 amide bonds. The van der Waals surface area contributed by atoms with Crippen LogP contribution in [0.1, 0.15) is 43.8 Å². The smallest absolute Gasteiger partial charge is 0.227 e. The average molecular weight is 446 g/mol. The van der Waals surface area contributed by atoms with E-state index >= 15 is 0 Å². The van der Waals surface area contributed by atoms with Gasteiger partial charge in [0.1, 0.15) is 5.82 Å². The van der Waals surface area contributed by atoms with Gasteiger partial charge < -0.3 is 9.88 Å². The highest BCUT2D eigenvalue weighted by Gasteiger charge is 2.30. The Morgan fingerprint density at radius 2 is 1.97 bits per heavy atom. The fourth-order valence-corrected chi connectivity index (χ4v) is 4.69. The van der Waals surface area contributed by atoms with Gasteiger partial charge in [-0.05, 0) is 37.0 Å². The van der Waals surface area contributed by atoms with Crippen molar-refractivity contribution in [2.45, 2.75) is 46.1 Å². The van der Waals surface area contributed by atoms with Crippen LogP contribution in [0.15, 0.2) is 55.0 Å². The van der Waals surface area contributed by atoms with Crippen molar-refractivity contribution >= 4 is 5.91 Å². The molecule has 1 N–H and O–H groups in total. The minimum Gasteiger partial charge on any atom is -0.345 e. The standard InChI is InChI=1S/C27H35N5O/c1-3-5-12-26-29-18-24(30-26)20-31-14-15-32(4-2)27(33)23(19-31)16-21-9-6-7-11-25(21)22-10-8-13-28-17-22/h6-11,13,17-18,23H,3-5,12,14-16,19-20H2,1-2H3,(H,29,30)/t23-/m0/s1. The quantitative estimate of drug-likeness (QED) is 0.532. The van der Waals surface area contributed by atoms with Crippen molar-refractivity contribution in [3.8, 4) is 11.1 Å². The Labute approximate surface area is 197 Å². The van der Waals surface area contributed by atoms with Gasteiger partial charge in [-0.25, -0.2) is 4.98 Å². The number of unbranched alkanes of at least 4 members (excludes halogenated alkanes) is 1. The first-order valence-electron chi connectivity index (χ1n) is 12.2. The van der Waals surface area contributed by atoms with Crippen LogP contribution in [0.25, 0.3) is 11.1 Å². The second-order valence-corrected chi connectivity index (χ2v) is 8.91. The van der Waals surface area contributed by atoms with E-state index in [0.717, 1.165) is 74.6 Å². The number of aromatic nitrogens is 3. The van der Waals surface area contributed by atoms with Gasteiger partial charge >= 0.3 is 0 Å². The third kappa shape index (κ3) is 5.88. The predicted octanol–water partition coefficient (Wildman–Crippen LogP) is 4.34. The van der Waals surface area contributed by atoms with Crippen molar-refractivity contribution in [3.63, 3.8) is 0 Å². The molecular formula is C27H35N5O. The van der Waals surface area contributed by atoms with Gasteiger partial charge in [-0.1, -0.05) is 43.7 Å². The highest BCUT2D eigenvalue weighted by molar-refractivity contribution is 5.80. The van der Waals surface area contributed by atoms with Crippen molar-refractivity contribution in [1.29, 1.82) is 0 Å². The summed E-state index contributed by atoms with van der Waals surface area (Å²) in [5.41, 5.74) is 4.58. The van der Waals surface area contributed by atoms with Crippen LogP contribution in [0.4, 0.5) is 0 Å². The van der Waals surface area contributed by atoms with Gasteiger partial charge in [-0.15, -0.1) is 0 Å². The lowest BCUT2D eigenvalue weighted by Gasteiger charge is -2.24. The Morgan fingerprint density at radius 1 is 1.09 bits per heavy atom. The third-order valence-corrected chi connectivity index (χ3v) is 6.51. The fourth-order valence-electron chi connectivity index (χ4n) is 4.69. The van der Waals surface area contributed by atoms with Gasteiger partial charge in [0.05, 0.1) is 5.92 Å². The summed E-state index contributed by atoms with van der Waals surface area (Å²) < 4.78 is 0. The lowest BCUT2D eigenvalue weighted by Crippen LogP contribution is -2.37. The number of aryl methyl sites for hydroxylation is 1. The molecule has 1 fully saturated rings. The number of imidazole rings is 1. The van der Waals surface area contributed by atoms with E-state index in [9.17, 15) is 4.79 Å². The molecule has 6 nitrogen and oxygen atoms in total. The Morgan fingerprint density at radius 3 is 2.76 bits per heavy atom. The number of benzene rings is 1. The fraction of sp³-hybridized carbons (Fsp3) is 0.444. The van der Waals surface area contributed by atoms with E-state index in [1.807, 2.05) is 23.4 Å². The first-order chi connectivity index (χ1) is 16.2. The molecule has 33 heavy (non-hydrogen) atoms. The minimum absolute atomic E-state index is 0.0762. The third-order valence-electron chi connectivity index (χ3n) is 6.51. The number of aromatic amines is 1. The van der Waals surface area contributed by atoms with Crippen molar-refractivity contribution in [2.24, 2.45) is 5.92 Å². The molecule has 1 aliphatic rings. The van der Waals surface area contributed by atoms with E-state index in [1.165, 1.54) is 12.0 Å². The van der Waals surface area contributed by atoms with Gasteiger partial charge in [0.25, 0.3) is 0 Å². The van der Waals surface area contributed by atoms with E-state index in [1.54, 1.807) is 6.20 Å². The van der Waals surface area contributed by atoms with Crippen molar-refractivity contribution < 1.29 is 4.79 Å². The first kappa shape index (κ1) is 23.2. The van der Waals surface area contributed by atoms with Gasteiger partial charge in [0.2, 0.25) is 5.91 Å². The minimum atomic E-state index is -0.0762. The van der Waals surface area contributed by atoms with E-state index < -0.39 is 0 Å². The highest BCUT2D eigenvalue weighted by atomic mass is 16.2. The zero-order valence-corrected chi connectivity index (χ0v) is 19.8. The summed E-state index contributed by atoms with van der Waals surface area (Å²) in [5.74, 6) is 1.25. The van der Waals surface area contributed by atoms with Crippen LogP contribution >= 0.6 is 0 Å². The highest BCUT2D eigenvalue weighted by Crippen LogP contribution is 2.27. The molecule has 3 aromatic rings. The Bertz CT molecular complexity index is 1030. The molecule has 1 aromatic carbocycles. The molecule has 0 bridgehead atoms. The summed E-state index contributed by atoms with van der Waals surface area (Å²) in [4.78, 5) is 30.2. The number of rotatable bonds is 9. The first-order valence-corrected chi connectivity index (χ1v) is 12.2. The predicted molar refractivity (Wildman–Crippen MR) is 132 cm³/mol. The number of pyridine rings is 1.